The molecular weight excluding hydrogens is 332 g/mol. The summed E-state index contributed by atoms with van der Waals surface area (Å²) < 4.78 is 1.70. The highest BCUT2D eigenvalue weighted by Gasteiger charge is 2.23. The maximum atomic E-state index is 12.4. The Morgan fingerprint density at radius 1 is 1.00 bits per heavy atom. The van der Waals surface area contributed by atoms with Gasteiger partial charge in [-0.15, -0.1) is 10.2 Å². The molecule has 1 fully saturated rings. The second-order valence-corrected chi connectivity index (χ2v) is 6.02. The van der Waals surface area contributed by atoms with Crippen LogP contribution in [0.3, 0.4) is 0 Å². The first-order valence-corrected chi connectivity index (χ1v) is 8.37. The van der Waals surface area contributed by atoms with Gasteiger partial charge in [0.25, 0.3) is 5.91 Å². The molecule has 0 aromatic carbocycles. The lowest BCUT2D eigenvalue weighted by Gasteiger charge is -2.34. The minimum Gasteiger partial charge on any atom is -0.352 e. The lowest BCUT2D eigenvalue weighted by Crippen LogP contribution is -2.49. The largest absolute Gasteiger partial charge is 0.352 e. The first-order chi connectivity index (χ1) is 12.7. The van der Waals surface area contributed by atoms with Crippen LogP contribution in [0.1, 0.15) is 16.2 Å². The van der Waals surface area contributed by atoms with Crippen LogP contribution in [-0.4, -0.2) is 66.9 Å². The number of amides is 1. The van der Waals surface area contributed by atoms with E-state index < -0.39 is 0 Å². The van der Waals surface area contributed by atoms with Crippen LogP contribution >= 0.6 is 0 Å². The first kappa shape index (κ1) is 16.1. The van der Waals surface area contributed by atoms with E-state index in [-0.39, 0.29) is 5.91 Å². The van der Waals surface area contributed by atoms with Gasteiger partial charge in [-0.3, -0.25) is 9.78 Å². The Bertz CT molecular complexity index is 885. The SMILES string of the molecule is Cc1ccn(-c2ccc(N3CCN(C(=O)c4cnccn4)CC3)nn2)n1. The van der Waals surface area contributed by atoms with E-state index >= 15 is 0 Å². The zero-order valence-electron chi connectivity index (χ0n) is 14.4. The Hall–Kier alpha value is -3.36. The third-order valence-corrected chi connectivity index (χ3v) is 4.27. The zero-order valence-corrected chi connectivity index (χ0v) is 14.4. The minimum absolute atomic E-state index is 0.0896. The van der Waals surface area contributed by atoms with Gasteiger partial charge in [0.15, 0.2) is 11.6 Å². The van der Waals surface area contributed by atoms with Crippen LogP contribution in [0.25, 0.3) is 5.82 Å². The summed E-state index contributed by atoms with van der Waals surface area (Å²) in [6.45, 7) is 4.54. The van der Waals surface area contributed by atoms with Gasteiger partial charge in [0.2, 0.25) is 0 Å². The van der Waals surface area contributed by atoms with Crippen molar-refractivity contribution in [1.82, 2.24) is 34.8 Å². The molecule has 1 aliphatic rings. The van der Waals surface area contributed by atoms with E-state index in [1.807, 2.05) is 31.3 Å². The smallest absolute Gasteiger partial charge is 0.274 e. The number of aromatic nitrogens is 6. The number of rotatable bonds is 3. The number of hydrogen-bond acceptors (Lipinski definition) is 7. The quantitative estimate of drug-likeness (QED) is 0.687. The van der Waals surface area contributed by atoms with Gasteiger partial charge in [-0.2, -0.15) is 5.10 Å². The van der Waals surface area contributed by atoms with Crippen LogP contribution in [0.2, 0.25) is 0 Å². The standard InChI is InChI=1S/C17H18N8O/c1-13-4-7-25(22-13)16-3-2-15(20-21-16)23-8-10-24(11-9-23)17(26)14-12-18-5-6-19-14/h2-7,12H,8-11H2,1H3. The van der Waals surface area contributed by atoms with Gasteiger partial charge in [-0.1, -0.05) is 0 Å². The van der Waals surface area contributed by atoms with E-state index in [1.165, 1.54) is 12.4 Å². The number of nitrogens with zero attached hydrogens (tertiary/aromatic N) is 8. The first-order valence-electron chi connectivity index (χ1n) is 8.37. The Labute approximate surface area is 150 Å². The van der Waals surface area contributed by atoms with Gasteiger partial charge in [0.05, 0.1) is 11.9 Å². The molecule has 9 heteroatoms. The monoisotopic (exact) mass is 350 g/mol. The predicted octanol–water partition coefficient (Wildman–Crippen LogP) is 0.723. The molecule has 0 aliphatic carbocycles. The van der Waals surface area contributed by atoms with Crippen molar-refractivity contribution >= 4 is 11.7 Å². The zero-order chi connectivity index (χ0) is 17.9. The minimum atomic E-state index is -0.0896. The highest BCUT2D eigenvalue weighted by atomic mass is 16.2. The molecule has 0 unspecified atom stereocenters. The lowest BCUT2D eigenvalue weighted by molar-refractivity contribution is 0.0740. The average molecular weight is 350 g/mol. The lowest BCUT2D eigenvalue weighted by atomic mass is 10.2. The molecule has 4 rings (SSSR count). The summed E-state index contributed by atoms with van der Waals surface area (Å²) in [6.07, 6.45) is 6.44. The molecule has 1 amide bonds. The second-order valence-electron chi connectivity index (χ2n) is 6.02. The second kappa shape index (κ2) is 6.87. The highest BCUT2D eigenvalue weighted by molar-refractivity contribution is 5.92. The van der Waals surface area contributed by atoms with Crippen LogP contribution in [0.5, 0.6) is 0 Å². The van der Waals surface area contributed by atoms with Gasteiger partial charge >= 0.3 is 0 Å². The van der Waals surface area contributed by atoms with Crippen LogP contribution < -0.4 is 4.90 Å². The summed E-state index contributed by atoms with van der Waals surface area (Å²) in [5, 5.41) is 12.9. The summed E-state index contributed by atoms with van der Waals surface area (Å²) in [5.74, 6) is 1.38. The summed E-state index contributed by atoms with van der Waals surface area (Å²) in [5.41, 5.74) is 1.30. The molecular formula is C17H18N8O. The van der Waals surface area contributed by atoms with Crippen molar-refractivity contribution in [3.05, 3.63) is 54.4 Å². The number of anilines is 1. The number of carbonyl (C=O) groups excluding carboxylic acids is 1. The molecule has 3 aromatic rings. The van der Waals surface area contributed by atoms with E-state index in [4.69, 9.17) is 0 Å². The Morgan fingerprint density at radius 2 is 1.77 bits per heavy atom. The van der Waals surface area contributed by atoms with Gasteiger partial charge in [0, 0.05) is 44.8 Å². The highest BCUT2D eigenvalue weighted by Crippen LogP contribution is 2.15. The topological polar surface area (TPSA) is 92.9 Å². The van der Waals surface area contributed by atoms with E-state index in [0.29, 0.717) is 37.7 Å². The number of hydrogen-bond donors (Lipinski definition) is 0. The Kier molecular flexibility index (Phi) is 4.26. The molecule has 0 saturated carbocycles. The van der Waals surface area contributed by atoms with Crippen LogP contribution in [0.4, 0.5) is 5.82 Å². The molecule has 1 aliphatic heterocycles. The molecule has 0 spiro atoms. The fourth-order valence-electron chi connectivity index (χ4n) is 2.86. The summed E-state index contributed by atoms with van der Waals surface area (Å²) in [6, 6.07) is 5.74. The molecule has 26 heavy (non-hydrogen) atoms. The summed E-state index contributed by atoms with van der Waals surface area (Å²) in [4.78, 5) is 24.3. The summed E-state index contributed by atoms with van der Waals surface area (Å²) >= 11 is 0. The molecule has 0 bridgehead atoms. The summed E-state index contributed by atoms with van der Waals surface area (Å²) in [7, 11) is 0. The maximum Gasteiger partial charge on any atom is 0.274 e. The number of piperazine rings is 1. The molecule has 3 aromatic heterocycles. The van der Waals surface area contributed by atoms with Gasteiger partial charge in [-0.25, -0.2) is 9.67 Å². The Balaban J connectivity index is 1.39. The fourth-order valence-corrected chi connectivity index (χ4v) is 2.86. The molecule has 0 N–H and O–H groups in total. The van der Waals surface area contributed by atoms with Crippen LogP contribution in [0.15, 0.2) is 43.0 Å². The molecule has 1 saturated heterocycles. The van der Waals surface area contributed by atoms with Gasteiger partial charge < -0.3 is 9.80 Å². The van der Waals surface area contributed by atoms with Crippen molar-refractivity contribution in [3.63, 3.8) is 0 Å². The Morgan fingerprint density at radius 3 is 2.38 bits per heavy atom. The van der Waals surface area contributed by atoms with Crippen molar-refractivity contribution in [2.24, 2.45) is 0 Å². The van der Waals surface area contributed by atoms with Crippen molar-refractivity contribution < 1.29 is 4.79 Å². The van der Waals surface area contributed by atoms with E-state index in [2.05, 4.69) is 30.2 Å². The van der Waals surface area contributed by atoms with E-state index in [9.17, 15) is 4.79 Å². The molecule has 4 heterocycles. The van der Waals surface area contributed by atoms with E-state index in [1.54, 1.807) is 15.8 Å². The average Bonchev–Trinajstić information content (AvgIpc) is 3.15. The van der Waals surface area contributed by atoms with Crippen molar-refractivity contribution in [2.45, 2.75) is 6.92 Å². The van der Waals surface area contributed by atoms with Crippen LogP contribution in [0, 0.1) is 6.92 Å². The predicted molar refractivity (Wildman–Crippen MR) is 94.0 cm³/mol. The van der Waals surface area contributed by atoms with Gasteiger partial charge in [-0.05, 0) is 25.1 Å². The number of aryl methyl sites for hydroxylation is 1. The number of carbonyl (C=O) groups is 1. The maximum absolute atomic E-state index is 12.4. The van der Waals surface area contributed by atoms with Crippen molar-refractivity contribution in [3.8, 4) is 5.82 Å². The fraction of sp³-hybridized carbons (Fsp3) is 0.294. The van der Waals surface area contributed by atoms with Crippen LogP contribution in [-0.2, 0) is 0 Å². The molecule has 0 atom stereocenters. The van der Waals surface area contributed by atoms with Crippen molar-refractivity contribution in [1.29, 1.82) is 0 Å². The van der Waals surface area contributed by atoms with Crippen molar-refractivity contribution in [2.75, 3.05) is 31.1 Å². The normalized spacial score (nSPS) is 14.5. The molecule has 0 radical (unpaired) electrons. The molecule has 132 valence electrons. The third-order valence-electron chi connectivity index (χ3n) is 4.27. The van der Waals surface area contributed by atoms with E-state index in [0.717, 1.165) is 11.5 Å². The molecule has 9 nitrogen and oxygen atoms in total. The van der Waals surface area contributed by atoms with Gasteiger partial charge in [0.1, 0.15) is 5.69 Å². The third kappa shape index (κ3) is 3.23.